The second-order valence-corrected chi connectivity index (χ2v) is 7.36. The Morgan fingerprint density at radius 2 is 1.88 bits per heavy atom. The molecule has 0 saturated heterocycles. The van der Waals surface area contributed by atoms with Gasteiger partial charge in [-0.3, -0.25) is 4.79 Å². The highest BCUT2D eigenvalue weighted by Gasteiger charge is 2.18. The Bertz CT molecular complexity index is 794. The summed E-state index contributed by atoms with van der Waals surface area (Å²) in [5, 5.41) is 3.05. The van der Waals surface area contributed by atoms with Gasteiger partial charge in [0, 0.05) is 31.7 Å². The lowest BCUT2D eigenvalue weighted by Gasteiger charge is -2.19. The van der Waals surface area contributed by atoms with Crippen molar-refractivity contribution in [2.45, 2.75) is 38.8 Å². The van der Waals surface area contributed by atoms with Crippen LogP contribution in [0.15, 0.2) is 60.7 Å². The van der Waals surface area contributed by atoms with Crippen LogP contribution in [0.2, 0.25) is 0 Å². The molecule has 1 aliphatic carbocycles. The molecule has 134 valence electrons. The third kappa shape index (κ3) is 3.98. The maximum atomic E-state index is 12.0. The van der Waals surface area contributed by atoms with E-state index >= 15 is 0 Å². The van der Waals surface area contributed by atoms with Crippen molar-refractivity contribution in [1.82, 2.24) is 5.32 Å². The van der Waals surface area contributed by atoms with E-state index in [-0.39, 0.29) is 5.91 Å². The summed E-state index contributed by atoms with van der Waals surface area (Å²) in [5.41, 5.74) is 5.28. The van der Waals surface area contributed by atoms with Crippen LogP contribution < -0.4 is 10.2 Å². The van der Waals surface area contributed by atoms with Gasteiger partial charge in [0.15, 0.2) is 0 Å². The van der Waals surface area contributed by atoms with Crippen LogP contribution in [0, 0.1) is 5.92 Å². The minimum atomic E-state index is 0.152. The van der Waals surface area contributed by atoms with E-state index in [9.17, 15) is 4.79 Å². The maximum Gasteiger partial charge on any atom is 0.220 e. The molecule has 0 radical (unpaired) electrons. The lowest BCUT2D eigenvalue weighted by atomic mass is 10.0. The van der Waals surface area contributed by atoms with E-state index in [1.165, 1.54) is 16.8 Å². The highest BCUT2D eigenvalue weighted by Crippen LogP contribution is 2.28. The van der Waals surface area contributed by atoms with E-state index in [0.717, 1.165) is 37.9 Å². The normalized spacial score (nSPS) is 18.2. The molecule has 2 aliphatic rings. The van der Waals surface area contributed by atoms with Crippen molar-refractivity contribution in [2.75, 3.05) is 11.4 Å². The van der Waals surface area contributed by atoms with Crippen LogP contribution in [0.3, 0.4) is 0 Å². The van der Waals surface area contributed by atoms with Gasteiger partial charge in [0.2, 0.25) is 5.91 Å². The zero-order valence-electron chi connectivity index (χ0n) is 15.2. The number of rotatable bonds is 6. The van der Waals surface area contributed by atoms with Crippen LogP contribution in [-0.2, 0) is 24.3 Å². The molecule has 1 aliphatic heterocycles. The number of fused-ring (bicyclic) bond motifs is 1. The predicted octanol–water partition coefficient (Wildman–Crippen LogP) is 4.22. The number of carbonyl (C=O) groups is 1. The van der Waals surface area contributed by atoms with Crippen LogP contribution in [0.4, 0.5) is 5.69 Å². The summed E-state index contributed by atoms with van der Waals surface area (Å²) in [6.07, 6.45) is 8.32. The smallest absolute Gasteiger partial charge is 0.220 e. The van der Waals surface area contributed by atoms with Gasteiger partial charge < -0.3 is 10.2 Å². The minimum Gasteiger partial charge on any atom is -0.367 e. The first kappa shape index (κ1) is 16.9. The molecule has 4 rings (SSSR count). The number of anilines is 1. The first-order valence-electron chi connectivity index (χ1n) is 9.62. The van der Waals surface area contributed by atoms with Crippen molar-refractivity contribution in [1.29, 1.82) is 0 Å². The van der Waals surface area contributed by atoms with E-state index in [1.807, 2.05) is 0 Å². The number of benzene rings is 2. The summed E-state index contributed by atoms with van der Waals surface area (Å²) in [7, 11) is 0. The second-order valence-electron chi connectivity index (χ2n) is 7.36. The number of amides is 1. The van der Waals surface area contributed by atoms with E-state index in [1.54, 1.807) is 0 Å². The van der Waals surface area contributed by atoms with Crippen molar-refractivity contribution >= 4 is 11.6 Å². The minimum absolute atomic E-state index is 0.152. The Morgan fingerprint density at radius 3 is 2.69 bits per heavy atom. The van der Waals surface area contributed by atoms with Gasteiger partial charge in [0.05, 0.1) is 0 Å². The molecule has 1 heterocycles. The molecule has 1 amide bonds. The zero-order chi connectivity index (χ0) is 17.8. The molecule has 3 nitrogen and oxygen atoms in total. The van der Waals surface area contributed by atoms with Gasteiger partial charge in [-0.05, 0) is 47.9 Å². The summed E-state index contributed by atoms with van der Waals surface area (Å²) < 4.78 is 0. The number of allylic oxidation sites excluding steroid dienone is 2. The Balaban J connectivity index is 1.28. The Morgan fingerprint density at radius 1 is 1.08 bits per heavy atom. The van der Waals surface area contributed by atoms with E-state index in [4.69, 9.17) is 0 Å². The number of nitrogens with zero attached hydrogens (tertiary/aromatic N) is 1. The van der Waals surface area contributed by atoms with E-state index in [0.29, 0.717) is 18.9 Å². The number of carbonyl (C=O) groups excluding carboxylic acids is 1. The Hall–Kier alpha value is -2.55. The first-order valence-corrected chi connectivity index (χ1v) is 9.62. The topological polar surface area (TPSA) is 32.3 Å². The molecule has 0 spiro atoms. The zero-order valence-corrected chi connectivity index (χ0v) is 15.2. The number of para-hydroxylation sites is 1. The molecule has 2 aromatic rings. The molecule has 1 atom stereocenters. The van der Waals surface area contributed by atoms with Crippen LogP contribution >= 0.6 is 0 Å². The van der Waals surface area contributed by atoms with Gasteiger partial charge in [-0.15, -0.1) is 0 Å². The molecule has 2 aromatic carbocycles. The fraction of sp³-hybridized carbons (Fsp3) is 0.348. The molecule has 0 saturated carbocycles. The van der Waals surface area contributed by atoms with Gasteiger partial charge in [-0.1, -0.05) is 54.6 Å². The number of hydrogen-bond donors (Lipinski definition) is 1. The second kappa shape index (κ2) is 7.77. The summed E-state index contributed by atoms with van der Waals surface area (Å²) in [5.74, 6) is 0.583. The molecule has 0 fully saturated rings. The fourth-order valence-corrected chi connectivity index (χ4v) is 3.93. The lowest BCUT2D eigenvalue weighted by molar-refractivity contribution is -0.121. The van der Waals surface area contributed by atoms with Gasteiger partial charge in [0.1, 0.15) is 0 Å². The summed E-state index contributed by atoms with van der Waals surface area (Å²) in [4.78, 5) is 14.5. The molecule has 0 bridgehead atoms. The SMILES string of the molecule is O=C(CC1C=CCC1)NCc1ccc(CN2CCc3ccccc32)cc1. The average molecular weight is 346 g/mol. The lowest BCUT2D eigenvalue weighted by Crippen LogP contribution is -2.24. The monoisotopic (exact) mass is 346 g/mol. The van der Waals surface area contributed by atoms with Crippen molar-refractivity contribution in [3.8, 4) is 0 Å². The molecular weight excluding hydrogens is 320 g/mol. The molecule has 0 aromatic heterocycles. The summed E-state index contributed by atoms with van der Waals surface area (Å²) >= 11 is 0. The van der Waals surface area contributed by atoms with Gasteiger partial charge in [-0.25, -0.2) is 0 Å². The molecule has 26 heavy (non-hydrogen) atoms. The third-order valence-electron chi connectivity index (χ3n) is 5.43. The third-order valence-corrected chi connectivity index (χ3v) is 5.43. The average Bonchev–Trinajstić information content (AvgIpc) is 3.32. The van der Waals surface area contributed by atoms with Crippen LogP contribution in [-0.4, -0.2) is 12.5 Å². The fourth-order valence-electron chi connectivity index (χ4n) is 3.93. The first-order chi connectivity index (χ1) is 12.8. The molecule has 1 N–H and O–H groups in total. The van der Waals surface area contributed by atoms with Crippen LogP contribution in [0.25, 0.3) is 0 Å². The van der Waals surface area contributed by atoms with Gasteiger partial charge in [-0.2, -0.15) is 0 Å². The Kier molecular flexibility index (Phi) is 5.05. The van der Waals surface area contributed by atoms with E-state index < -0.39 is 0 Å². The van der Waals surface area contributed by atoms with Crippen molar-refractivity contribution in [2.24, 2.45) is 5.92 Å². The quantitative estimate of drug-likeness (QED) is 0.794. The highest BCUT2D eigenvalue weighted by molar-refractivity contribution is 5.76. The number of nitrogens with one attached hydrogen (secondary N) is 1. The standard InChI is InChI=1S/C23H26N2O/c26-23(15-18-5-1-2-6-18)24-16-19-9-11-20(12-10-19)17-25-14-13-21-7-3-4-8-22(21)25/h1,3-5,7-12,18H,2,6,13-17H2,(H,24,26). The molecule has 3 heteroatoms. The summed E-state index contributed by atoms with van der Waals surface area (Å²) in [6.45, 7) is 2.65. The predicted molar refractivity (Wildman–Crippen MR) is 106 cm³/mol. The largest absolute Gasteiger partial charge is 0.367 e. The van der Waals surface area contributed by atoms with Crippen molar-refractivity contribution in [3.05, 3.63) is 77.4 Å². The molecular formula is C23H26N2O. The highest BCUT2D eigenvalue weighted by atomic mass is 16.1. The van der Waals surface area contributed by atoms with Crippen LogP contribution in [0.5, 0.6) is 0 Å². The van der Waals surface area contributed by atoms with Crippen molar-refractivity contribution < 1.29 is 4.79 Å². The van der Waals surface area contributed by atoms with Crippen molar-refractivity contribution in [3.63, 3.8) is 0 Å². The Labute approximate surface area is 155 Å². The van der Waals surface area contributed by atoms with Gasteiger partial charge >= 0.3 is 0 Å². The van der Waals surface area contributed by atoms with E-state index in [2.05, 4.69) is 70.9 Å². The maximum absolute atomic E-state index is 12.0. The molecule has 1 unspecified atom stereocenters. The summed E-state index contributed by atoms with van der Waals surface area (Å²) in [6, 6.07) is 17.3. The van der Waals surface area contributed by atoms with Crippen LogP contribution in [0.1, 0.15) is 36.0 Å². The number of hydrogen-bond acceptors (Lipinski definition) is 2. The van der Waals surface area contributed by atoms with Gasteiger partial charge in [0.25, 0.3) is 0 Å².